The van der Waals surface area contributed by atoms with E-state index >= 15 is 0 Å². The maximum Gasteiger partial charge on any atom is 0.152 e. The molecule has 0 fully saturated rings. The highest BCUT2D eigenvalue weighted by Crippen LogP contribution is 2.27. The van der Waals surface area contributed by atoms with Gasteiger partial charge in [-0.15, -0.1) is 0 Å². The Bertz CT molecular complexity index is 470. The predicted molar refractivity (Wildman–Crippen MR) is 49.4 cm³/mol. The van der Waals surface area contributed by atoms with Crippen LogP contribution in [0.1, 0.15) is 0 Å². The predicted octanol–water partition coefficient (Wildman–Crippen LogP) is 3.28. The number of halogens is 3. The van der Waals surface area contributed by atoms with Crippen molar-refractivity contribution >= 4 is 26.8 Å². The number of hydrogen-bond acceptors (Lipinski definition) is 1. The fraction of sp³-hybridized carbons (Fsp3) is 0. The van der Waals surface area contributed by atoms with Gasteiger partial charge in [0.05, 0.1) is 4.47 Å². The second-order valence-corrected chi connectivity index (χ2v) is 3.35. The van der Waals surface area contributed by atoms with Gasteiger partial charge < -0.3 is 0 Å². The second kappa shape index (κ2) is 3.03. The molecule has 0 saturated heterocycles. The van der Waals surface area contributed by atoms with Crippen molar-refractivity contribution in [1.82, 2.24) is 4.98 Å². The Kier molecular flexibility index (Phi) is 2.00. The molecule has 1 nitrogen and oxygen atoms in total. The molecule has 1 heterocycles. The van der Waals surface area contributed by atoms with Crippen LogP contribution in [0.25, 0.3) is 10.9 Å². The van der Waals surface area contributed by atoms with Crippen LogP contribution in [-0.4, -0.2) is 4.98 Å². The van der Waals surface area contributed by atoms with Crippen molar-refractivity contribution in [2.75, 3.05) is 0 Å². The molecule has 0 atom stereocenters. The summed E-state index contributed by atoms with van der Waals surface area (Å²) in [5.41, 5.74) is 0.177. The van der Waals surface area contributed by atoms with Crippen LogP contribution < -0.4 is 0 Å². The molecule has 1 aromatic heterocycles. The van der Waals surface area contributed by atoms with Crippen molar-refractivity contribution in [2.45, 2.75) is 0 Å². The maximum absolute atomic E-state index is 13.1. The molecule has 2 rings (SSSR count). The molecule has 0 N–H and O–H groups in total. The summed E-state index contributed by atoms with van der Waals surface area (Å²) in [6.07, 6.45) is 1.47. The van der Waals surface area contributed by atoms with Crippen molar-refractivity contribution < 1.29 is 8.78 Å². The minimum Gasteiger partial charge on any atom is -0.253 e. The number of pyridine rings is 1. The summed E-state index contributed by atoms with van der Waals surface area (Å²) in [6, 6.07) is 4.06. The molecule has 66 valence electrons. The van der Waals surface area contributed by atoms with Gasteiger partial charge in [0.2, 0.25) is 0 Å². The van der Waals surface area contributed by atoms with E-state index in [2.05, 4.69) is 20.9 Å². The Labute approximate surface area is 81.5 Å². The Morgan fingerprint density at radius 1 is 1.23 bits per heavy atom. The maximum atomic E-state index is 13.1. The number of hydrogen-bond donors (Lipinski definition) is 0. The third-order valence-corrected chi connectivity index (χ3v) is 2.54. The highest BCUT2D eigenvalue weighted by atomic mass is 79.9. The number of nitrogens with zero attached hydrogens (tertiary/aromatic N) is 1. The van der Waals surface area contributed by atoms with Gasteiger partial charge in [0, 0.05) is 17.6 Å². The molecule has 13 heavy (non-hydrogen) atoms. The Morgan fingerprint density at radius 3 is 2.77 bits per heavy atom. The fourth-order valence-electron chi connectivity index (χ4n) is 1.14. The summed E-state index contributed by atoms with van der Waals surface area (Å²) >= 11 is 3.03. The first-order valence-electron chi connectivity index (χ1n) is 3.58. The molecule has 0 unspecified atom stereocenters. The van der Waals surface area contributed by atoms with Crippen LogP contribution in [0.3, 0.4) is 0 Å². The first-order chi connectivity index (χ1) is 6.20. The lowest BCUT2D eigenvalue weighted by atomic mass is 10.2. The van der Waals surface area contributed by atoms with Gasteiger partial charge in [0.1, 0.15) is 11.3 Å². The SMILES string of the molecule is Fc1cc(F)c2ncccc2c1Br. The third-order valence-electron chi connectivity index (χ3n) is 1.73. The van der Waals surface area contributed by atoms with Crippen LogP contribution in [-0.2, 0) is 0 Å². The van der Waals surface area contributed by atoms with Crippen molar-refractivity contribution in [1.29, 1.82) is 0 Å². The van der Waals surface area contributed by atoms with Gasteiger partial charge >= 0.3 is 0 Å². The smallest absolute Gasteiger partial charge is 0.152 e. The van der Waals surface area contributed by atoms with E-state index in [1.165, 1.54) is 6.20 Å². The molecule has 2 aromatic rings. The van der Waals surface area contributed by atoms with Crippen LogP contribution in [0.2, 0.25) is 0 Å². The van der Waals surface area contributed by atoms with Gasteiger partial charge in [0.25, 0.3) is 0 Å². The quantitative estimate of drug-likeness (QED) is 0.648. The highest BCUT2D eigenvalue weighted by Gasteiger charge is 2.09. The van der Waals surface area contributed by atoms with Crippen LogP contribution >= 0.6 is 15.9 Å². The van der Waals surface area contributed by atoms with Gasteiger partial charge in [-0.25, -0.2) is 8.78 Å². The van der Waals surface area contributed by atoms with E-state index in [0.29, 0.717) is 5.39 Å². The highest BCUT2D eigenvalue weighted by molar-refractivity contribution is 9.10. The van der Waals surface area contributed by atoms with E-state index in [1.54, 1.807) is 12.1 Å². The molecular weight excluding hydrogens is 240 g/mol. The molecule has 0 aliphatic heterocycles. The van der Waals surface area contributed by atoms with Crippen molar-refractivity contribution in [3.63, 3.8) is 0 Å². The summed E-state index contributed by atoms with van der Waals surface area (Å²) in [6.45, 7) is 0. The molecule has 0 radical (unpaired) electrons. The zero-order chi connectivity index (χ0) is 9.42. The van der Waals surface area contributed by atoms with E-state index in [0.717, 1.165) is 6.07 Å². The largest absolute Gasteiger partial charge is 0.253 e. The average molecular weight is 244 g/mol. The normalized spacial score (nSPS) is 10.7. The van der Waals surface area contributed by atoms with Gasteiger partial charge in [-0.3, -0.25) is 4.98 Å². The Hall–Kier alpha value is -1.03. The summed E-state index contributed by atoms with van der Waals surface area (Å²) in [7, 11) is 0. The van der Waals surface area contributed by atoms with Gasteiger partial charge in [-0.1, -0.05) is 0 Å². The minimum atomic E-state index is -0.642. The lowest BCUT2D eigenvalue weighted by molar-refractivity contribution is 0.586. The molecule has 0 spiro atoms. The third kappa shape index (κ3) is 1.31. The van der Waals surface area contributed by atoms with Crippen LogP contribution in [0.5, 0.6) is 0 Å². The zero-order valence-electron chi connectivity index (χ0n) is 6.39. The number of benzene rings is 1. The summed E-state index contributed by atoms with van der Waals surface area (Å²) in [4.78, 5) is 3.81. The lowest BCUT2D eigenvalue weighted by Crippen LogP contribution is -1.88. The number of aromatic nitrogens is 1. The topological polar surface area (TPSA) is 12.9 Å². The molecule has 0 saturated carbocycles. The second-order valence-electron chi connectivity index (χ2n) is 2.55. The standard InChI is InChI=1S/C9H4BrF2N/c10-8-5-2-1-3-13-9(5)7(12)4-6(8)11/h1-4H. The Morgan fingerprint density at radius 2 is 2.00 bits per heavy atom. The van der Waals surface area contributed by atoms with E-state index in [-0.39, 0.29) is 9.99 Å². The minimum absolute atomic E-state index is 0.177. The molecule has 0 amide bonds. The van der Waals surface area contributed by atoms with E-state index in [4.69, 9.17) is 0 Å². The van der Waals surface area contributed by atoms with Crippen molar-refractivity contribution in [3.8, 4) is 0 Å². The van der Waals surface area contributed by atoms with Gasteiger partial charge in [-0.05, 0) is 28.1 Å². The molecule has 1 aromatic carbocycles. The summed E-state index contributed by atoms with van der Waals surface area (Å²) in [5, 5.41) is 0.444. The van der Waals surface area contributed by atoms with Gasteiger partial charge in [-0.2, -0.15) is 0 Å². The monoisotopic (exact) mass is 243 g/mol. The van der Waals surface area contributed by atoms with E-state index in [1.807, 2.05) is 0 Å². The molecule has 0 bridgehead atoms. The van der Waals surface area contributed by atoms with Crippen LogP contribution in [0.15, 0.2) is 28.9 Å². The average Bonchev–Trinajstić information content (AvgIpc) is 2.15. The summed E-state index contributed by atoms with van der Waals surface area (Å²) < 4.78 is 26.3. The zero-order valence-corrected chi connectivity index (χ0v) is 7.98. The van der Waals surface area contributed by atoms with Crippen molar-refractivity contribution in [3.05, 3.63) is 40.5 Å². The number of fused-ring (bicyclic) bond motifs is 1. The van der Waals surface area contributed by atoms with Crippen molar-refractivity contribution in [2.24, 2.45) is 0 Å². The first-order valence-corrected chi connectivity index (χ1v) is 4.37. The fourth-order valence-corrected chi connectivity index (χ4v) is 1.58. The Balaban J connectivity index is 2.97. The lowest BCUT2D eigenvalue weighted by Gasteiger charge is -2.01. The van der Waals surface area contributed by atoms with E-state index in [9.17, 15) is 8.78 Å². The molecular formula is C9H4BrF2N. The molecule has 4 heteroatoms. The first kappa shape index (κ1) is 8.56. The number of rotatable bonds is 0. The molecule has 0 aliphatic carbocycles. The van der Waals surface area contributed by atoms with E-state index < -0.39 is 11.6 Å². The van der Waals surface area contributed by atoms with Crippen LogP contribution in [0.4, 0.5) is 8.78 Å². The molecule has 0 aliphatic rings. The van der Waals surface area contributed by atoms with Gasteiger partial charge in [0.15, 0.2) is 5.82 Å². The summed E-state index contributed by atoms with van der Waals surface area (Å²) in [5.74, 6) is -1.26. The van der Waals surface area contributed by atoms with Crippen LogP contribution in [0, 0.1) is 11.6 Å².